The smallest absolute Gasteiger partial charge is 0.0426 e. The van der Waals surface area contributed by atoms with Crippen LogP contribution in [0, 0.1) is 0 Å². The van der Waals surface area contributed by atoms with E-state index in [1.807, 2.05) is 6.07 Å². The molecule has 0 saturated carbocycles. The van der Waals surface area contributed by atoms with Crippen LogP contribution in [0.1, 0.15) is 18.4 Å². The first kappa shape index (κ1) is 14.2. The van der Waals surface area contributed by atoms with Gasteiger partial charge in [-0.3, -0.25) is 0 Å². The summed E-state index contributed by atoms with van der Waals surface area (Å²) in [6, 6.07) is 6.89. The van der Waals surface area contributed by atoms with Gasteiger partial charge in [-0.1, -0.05) is 33.6 Å². The summed E-state index contributed by atoms with van der Waals surface area (Å²) in [6.45, 7) is 2.23. The first-order chi connectivity index (χ1) is 8.61. The third-order valence-corrected chi connectivity index (χ3v) is 4.57. The van der Waals surface area contributed by atoms with Crippen LogP contribution in [0.3, 0.4) is 0 Å². The van der Waals surface area contributed by atoms with Crippen LogP contribution >= 0.6 is 27.5 Å². The molecule has 0 unspecified atom stereocenters. The Labute approximate surface area is 123 Å². The Morgan fingerprint density at radius 2 is 2.00 bits per heavy atom. The highest BCUT2D eigenvalue weighted by molar-refractivity contribution is 9.08. The molecule has 0 N–H and O–H groups in total. The number of halogens is 2. The lowest BCUT2D eigenvalue weighted by atomic mass is 10.0. The van der Waals surface area contributed by atoms with E-state index in [2.05, 4.69) is 52.0 Å². The first-order valence-electron chi connectivity index (χ1n) is 6.37. The van der Waals surface area contributed by atoms with Gasteiger partial charge in [-0.15, -0.1) is 0 Å². The van der Waals surface area contributed by atoms with Crippen LogP contribution in [-0.2, 0) is 5.33 Å². The summed E-state index contributed by atoms with van der Waals surface area (Å²) in [4.78, 5) is 4.79. The molecule has 0 radical (unpaired) electrons. The van der Waals surface area contributed by atoms with Crippen LogP contribution in [-0.4, -0.2) is 38.1 Å². The van der Waals surface area contributed by atoms with Crippen molar-refractivity contribution in [2.24, 2.45) is 0 Å². The molecule has 1 heterocycles. The van der Waals surface area contributed by atoms with Crippen molar-refractivity contribution in [2.75, 3.05) is 32.1 Å². The largest absolute Gasteiger partial charge is 0.371 e. The molecule has 0 aromatic heterocycles. The van der Waals surface area contributed by atoms with E-state index in [1.54, 1.807) is 0 Å². The monoisotopic (exact) mass is 330 g/mol. The van der Waals surface area contributed by atoms with Crippen LogP contribution in [0.15, 0.2) is 18.2 Å². The molecule has 2 rings (SSSR count). The molecule has 4 heteroatoms. The average Bonchev–Trinajstić information content (AvgIpc) is 2.39. The molecule has 1 aromatic rings. The second kappa shape index (κ2) is 6.27. The lowest BCUT2D eigenvalue weighted by Crippen LogP contribution is -2.42. The van der Waals surface area contributed by atoms with Crippen LogP contribution in [0.2, 0.25) is 5.02 Å². The molecule has 1 fully saturated rings. The minimum atomic E-state index is 0.716. The van der Waals surface area contributed by atoms with Crippen molar-refractivity contribution in [2.45, 2.75) is 24.2 Å². The Morgan fingerprint density at radius 3 is 2.56 bits per heavy atom. The van der Waals surface area contributed by atoms with Gasteiger partial charge in [-0.25, -0.2) is 0 Å². The van der Waals surface area contributed by atoms with Gasteiger partial charge in [-0.2, -0.15) is 0 Å². The zero-order chi connectivity index (χ0) is 13.1. The van der Waals surface area contributed by atoms with E-state index in [0.717, 1.165) is 23.4 Å². The Morgan fingerprint density at radius 1 is 1.33 bits per heavy atom. The van der Waals surface area contributed by atoms with Gasteiger partial charge in [0.2, 0.25) is 0 Å². The maximum atomic E-state index is 6.12. The fourth-order valence-corrected chi connectivity index (χ4v) is 3.21. The summed E-state index contributed by atoms with van der Waals surface area (Å²) in [5.74, 6) is 0. The molecule has 1 aromatic carbocycles. The molecule has 2 nitrogen and oxygen atoms in total. The minimum Gasteiger partial charge on any atom is -0.371 e. The number of rotatable bonds is 3. The van der Waals surface area contributed by atoms with Gasteiger partial charge in [0.15, 0.2) is 0 Å². The van der Waals surface area contributed by atoms with Gasteiger partial charge in [0, 0.05) is 35.2 Å². The Hall–Kier alpha value is -0.250. The lowest BCUT2D eigenvalue weighted by Gasteiger charge is -2.37. The number of hydrogen-bond donors (Lipinski definition) is 0. The molecule has 100 valence electrons. The molecule has 0 spiro atoms. The van der Waals surface area contributed by atoms with E-state index >= 15 is 0 Å². The van der Waals surface area contributed by atoms with Crippen LogP contribution in [0.25, 0.3) is 0 Å². The lowest BCUT2D eigenvalue weighted by molar-refractivity contribution is 0.249. The topological polar surface area (TPSA) is 6.48 Å². The maximum absolute atomic E-state index is 6.12. The second-order valence-corrected chi connectivity index (χ2v) is 6.09. The molecule has 1 aliphatic heterocycles. The summed E-state index contributed by atoms with van der Waals surface area (Å²) in [5, 5.41) is 1.71. The Balaban J connectivity index is 2.11. The number of anilines is 1. The van der Waals surface area contributed by atoms with E-state index in [0.29, 0.717) is 6.04 Å². The molecular formula is C14H20BrClN2. The van der Waals surface area contributed by atoms with Gasteiger partial charge in [0.05, 0.1) is 0 Å². The predicted octanol–water partition coefficient (Wildman–Crippen LogP) is 3.77. The average molecular weight is 332 g/mol. The highest BCUT2D eigenvalue weighted by atomic mass is 79.9. The summed E-state index contributed by atoms with van der Waals surface area (Å²) >= 11 is 9.68. The zero-order valence-corrected chi connectivity index (χ0v) is 13.3. The van der Waals surface area contributed by atoms with Gasteiger partial charge < -0.3 is 9.80 Å². The molecule has 0 amide bonds. The fraction of sp³-hybridized carbons (Fsp3) is 0.571. The molecular weight excluding hydrogens is 312 g/mol. The van der Waals surface area contributed by atoms with Gasteiger partial charge in [-0.05, 0) is 44.6 Å². The van der Waals surface area contributed by atoms with Crippen molar-refractivity contribution in [1.82, 2.24) is 4.90 Å². The highest BCUT2D eigenvalue weighted by Crippen LogP contribution is 2.29. The zero-order valence-electron chi connectivity index (χ0n) is 11.0. The number of piperidine rings is 1. The van der Waals surface area contributed by atoms with Crippen molar-refractivity contribution in [1.29, 1.82) is 0 Å². The van der Waals surface area contributed by atoms with Crippen LogP contribution in [0.5, 0.6) is 0 Å². The standard InChI is InChI=1S/C14H20BrClN2/c1-17(2)13-5-7-18(8-6-13)14-9-12(16)4-3-11(14)10-15/h3-4,9,13H,5-8,10H2,1-2H3. The number of alkyl halides is 1. The van der Waals surface area contributed by atoms with Gasteiger partial charge in [0.1, 0.15) is 0 Å². The molecule has 1 aliphatic rings. The van der Waals surface area contributed by atoms with Crippen molar-refractivity contribution in [3.8, 4) is 0 Å². The SMILES string of the molecule is CN(C)C1CCN(c2cc(Cl)ccc2CBr)CC1. The molecule has 18 heavy (non-hydrogen) atoms. The second-order valence-electron chi connectivity index (χ2n) is 5.09. The number of nitrogens with zero attached hydrogens (tertiary/aromatic N) is 2. The van der Waals surface area contributed by atoms with Crippen molar-refractivity contribution in [3.05, 3.63) is 28.8 Å². The van der Waals surface area contributed by atoms with Crippen molar-refractivity contribution in [3.63, 3.8) is 0 Å². The molecule has 1 saturated heterocycles. The molecule has 0 bridgehead atoms. The molecule has 0 atom stereocenters. The Kier molecular flexibility index (Phi) is 4.93. The quantitative estimate of drug-likeness (QED) is 0.778. The number of benzene rings is 1. The van der Waals surface area contributed by atoms with Gasteiger partial charge in [0.25, 0.3) is 0 Å². The van der Waals surface area contributed by atoms with Gasteiger partial charge >= 0.3 is 0 Å². The van der Waals surface area contributed by atoms with E-state index in [-0.39, 0.29) is 0 Å². The van der Waals surface area contributed by atoms with Crippen LogP contribution in [0.4, 0.5) is 5.69 Å². The van der Waals surface area contributed by atoms with Crippen molar-refractivity contribution >= 4 is 33.2 Å². The van der Waals surface area contributed by atoms with E-state index in [4.69, 9.17) is 11.6 Å². The molecule has 0 aliphatic carbocycles. The van der Waals surface area contributed by atoms with Crippen molar-refractivity contribution < 1.29 is 0 Å². The normalized spacial score (nSPS) is 17.5. The van der Waals surface area contributed by atoms with E-state index in [1.165, 1.54) is 24.1 Å². The summed E-state index contributed by atoms with van der Waals surface area (Å²) in [7, 11) is 4.34. The summed E-state index contributed by atoms with van der Waals surface area (Å²) in [5.41, 5.74) is 2.61. The third kappa shape index (κ3) is 3.19. The predicted molar refractivity (Wildman–Crippen MR) is 83.0 cm³/mol. The van der Waals surface area contributed by atoms with E-state index in [9.17, 15) is 0 Å². The maximum Gasteiger partial charge on any atom is 0.0426 e. The summed E-state index contributed by atoms with van der Waals surface area (Å²) in [6.07, 6.45) is 2.45. The Bertz CT molecular complexity index is 401. The van der Waals surface area contributed by atoms with E-state index < -0.39 is 0 Å². The third-order valence-electron chi connectivity index (χ3n) is 3.73. The summed E-state index contributed by atoms with van der Waals surface area (Å²) < 4.78 is 0. The highest BCUT2D eigenvalue weighted by Gasteiger charge is 2.22. The fourth-order valence-electron chi connectivity index (χ4n) is 2.57. The number of hydrogen-bond acceptors (Lipinski definition) is 2. The van der Waals surface area contributed by atoms with Crippen LogP contribution < -0.4 is 4.90 Å². The minimum absolute atomic E-state index is 0.716. The first-order valence-corrected chi connectivity index (χ1v) is 7.87.